The monoisotopic (exact) mass is 358 g/mol. The summed E-state index contributed by atoms with van der Waals surface area (Å²) < 4.78 is 24.2. The van der Waals surface area contributed by atoms with Crippen molar-refractivity contribution in [1.82, 2.24) is 10.2 Å². The summed E-state index contributed by atoms with van der Waals surface area (Å²) in [7, 11) is 1.42. The predicted octanol–water partition coefficient (Wildman–Crippen LogP) is 2.35. The fraction of sp³-hybridized carbons (Fsp3) is 0.350. The molecule has 0 aromatic heterocycles. The van der Waals surface area contributed by atoms with Gasteiger partial charge in [0.2, 0.25) is 0 Å². The zero-order valence-corrected chi connectivity index (χ0v) is 14.8. The van der Waals surface area contributed by atoms with Crippen molar-refractivity contribution >= 4 is 5.91 Å². The van der Waals surface area contributed by atoms with Gasteiger partial charge in [-0.05, 0) is 23.3 Å². The van der Waals surface area contributed by atoms with Crippen molar-refractivity contribution in [2.75, 3.05) is 26.8 Å². The van der Waals surface area contributed by atoms with Gasteiger partial charge in [-0.1, -0.05) is 36.4 Å². The molecule has 0 aliphatic carbocycles. The molecule has 1 N–H and O–H groups in total. The van der Waals surface area contributed by atoms with Crippen LogP contribution < -0.4 is 10.1 Å². The van der Waals surface area contributed by atoms with Gasteiger partial charge in [-0.2, -0.15) is 0 Å². The van der Waals surface area contributed by atoms with Crippen molar-refractivity contribution in [1.29, 1.82) is 0 Å². The van der Waals surface area contributed by atoms with Gasteiger partial charge in [-0.15, -0.1) is 0 Å². The zero-order valence-electron chi connectivity index (χ0n) is 14.8. The number of rotatable bonds is 6. The normalized spacial score (nSPS) is 17.7. The molecule has 0 bridgehead atoms. The number of benzene rings is 2. The molecule has 3 rings (SSSR count). The molecule has 0 radical (unpaired) electrons. The SMILES string of the molecule is COc1ccc(CNC(=O)C2CN(Cc3ccccc3)CCO2)cc1F. The number of ether oxygens (including phenoxy) is 2. The maximum atomic E-state index is 13.7. The van der Waals surface area contributed by atoms with E-state index in [9.17, 15) is 9.18 Å². The Labute approximate surface area is 152 Å². The van der Waals surface area contributed by atoms with Crippen molar-refractivity contribution in [2.45, 2.75) is 19.2 Å². The number of carbonyl (C=O) groups excluding carboxylic acids is 1. The van der Waals surface area contributed by atoms with Crippen molar-refractivity contribution in [3.63, 3.8) is 0 Å². The van der Waals surface area contributed by atoms with E-state index in [-0.39, 0.29) is 18.2 Å². The highest BCUT2D eigenvalue weighted by Crippen LogP contribution is 2.17. The highest BCUT2D eigenvalue weighted by atomic mass is 19.1. The van der Waals surface area contributed by atoms with Gasteiger partial charge in [-0.3, -0.25) is 9.69 Å². The first-order valence-electron chi connectivity index (χ1n) is 8.63. The number of amides is 1. The van der Waals surface area contributed by atoms with Gasteiger partial charge in [0, 0.05) is 26.2 Å². The van der Waals surface area contributed by atoms with Crippen LogP contribution >= 0.6 is 0 Å². The molecule has 6 heteroatoms. The maximum Gasteiger partial charge on any atom is 0.250 e. The second-order valence-corrected chi connectivity index (χ2v) is 6.27. The Bertz CT molecular complexity index is 739. The number of nitrogens with zero attached hydrogens (tertiary/aromatic N) is 1. The molecule has 1 amide bonds. The van der Waals surface area contributed by atoms with Gasteiger partial charge < -0.3 is 14.8 Å². The Hall–Kier alpha value is -2.44. The van der Waals surface area contributed by atoms with Crippen molar-refractivity contribution in [3.8, 4) is 5.75 Å². The molecule has 1 saturated heterocycles. The Morgan fingerprint density at radius 3 is 2.81 bits per heavy atom. The molecule has 138 valence electrons. The molecule has 1 atom stereocenters. The van der Waals surface area contributed by atoms with Crippen LogP contribution in [-0.4, -0.2) is 43.7 Å². The number of hydrogen-bond donors (Lipinski definition) is 1. The minimum Gasteiger partial charge on any atom is -0.494 e. The molecule has 1 heterocycles. The number of carbonyl (C=O) groups is 1. The first-order chi connectivity index (χ1) is 12.7. The van der Waals surface area contributed by atoms with Crippen molar-refractivity contribution in [3.05, 3.63) is 65.5 Å². The van der Waals surface area contributed by atoms with Crippen LogP contribution in [0, 0.1) is 5.82 Å². The molecule has 0 saturated carbocycles. The van der Waals surface area contributed by atoms with E-state index < -0.39 is 11.9 Å². The molecule has 1 aliphatic heterocycles. The quantitative estimate of drug-likeness (QED) is 0.861. The summed E-state index contributed by atoms with van der Waals surface area (Å²) in [6.45, 7) is 2.89. The highest BCUT2D eigenvalue weighted by molar-refractivity contribution is 5.81. The lowest BCUT2D eigenvalue weighted by atomic mass is 10.1. The lowest BCUT2D eigenvalue weighted by Crippen LogP contribution is -2.49. The number of morpholine rings is 1. The third-order valence-corrected chi connectivity index (χ3v) is 4.37. The first kappa shape index (κ1) is 18.4. The molecule has 2 aromatic carbocycles. The van der Waals surface area contributed by atoms with Gasteiger partial charge in [0.15, 0.2) is 11.6 Å². The zero-order chi connectivity index (χ0) is 18.4. The number of halogens is 1. The third-order valence-electron chi connectivity index (χ3n) is 4.37. The minimum atomic E-state index is -0.518. The second-order valence-electron chi connectivity index (χ2n) is 6.27. The summed E-state index contributed by atoms with van der Waals surface area (Å²) in [5, 5.41) is 2.82. The lowest BCUT2D eigenvalue weighted by Gasteiger charge is -2.32. The Kier molecular flexibility index (Phi) is 6.20. The number of methoxy groups -OCH3 is 1. The Balaban J connectivity index is 1.51. The van der Waals surface area contributed by atoms with Crippen LogP contribution in [0.1, 0.15) is 11.1 Å². The highest BCUT2D eigenvalue weighted by Gasteiger charge is 2.26. The van der Waals surface area contributed by atoms with Crippen LogP contribution in [-0.2, 0) is 22.6 Å². The molecular formula is C20H23FN2O3. The molecular weight excluding hydrogens is 335 g/mol. The van der Waals surface area contributed by atoms with Crippen LogP contribution in [0.15, 0.2) is 48.5 Å². The standard InChI is InChI=1S/C20H23FN2O3/c1-25-18-8-7-16(11-17(18)21)12-22-20(24)19-14-23(9-10-26-19)13-15-5-3-2-4-6-15/h2-8,11,19H,9-10,12-14H2,1H3,(H,22,24). The minimum absolute atomic E-state index is 0.181. The maximum absolute atomic E-state index is 13.7. The van der Waals surface area contributed by atoms with E-state index in [1.807, 2.05) is 18.2 Å². The van der Waals surface area contributed by atoms with E-state index in [0.29, 0.717) is 18.7 Å². The smallest absolute Gasteiger partial charge is 0.250 e. The van der Waals surface area contributed by atoms with Crippen LogP contribution in [0.4, 0.5) is 4.39 Å². The third kappa shape index (κ3) is 4.80. The van der Waals surface area contributed by atoms with Gasteiger partial charge in [0.1, 0.15) is 6.10 Å². The Morgan fingerprint density at radius 2 is 2.08 bits per heavy atom. The Morgan fingerprint density at radius 1 is 1.27 bits per heavy atom. The van der Waals surface area contributed by atoms with Crippen molar-refractivity contribution < 1.29 is 18.7 Å². The van der Waals surface area contributed by atoms with Gasteiger partial charge >= 0.3 is 0 Å². The van der Waals surface area contributed by atoms with E-state index in [2.05, 4.69) is 22.3 Å². The largest absolute Gasteiger partial charge is 0.494 e. The van der Waals surface area contributed by atoms with E-state index in [0.717, 1.165) is 13.1 Å². The molecule has 5 nitrogen and oxygen atoms in total. The van der Waals surface area contributed by atoms with E-state index in [1.165, 1.54) is 18.7 Å². The van der Waals surface area contributed by atoms with E-state index in [4.69, 9.17) is 9.47 Å². The second kappa shape index (κ2) is 8.78. The summed E-state index contributed by atoms with van der Waals surface area (Å²) in [5.74, 6) is -0.437. The van der Waals surface area contributed by atoms with Crippen LogP contribution in [0.25, 0.3) is 0 Å². The predicted molar refractivity (Wildman–Crippen MR) is 96.3 cm³/mol. The van der Waals surface area contributed by atoms with Gasteiger partial charge in [0.25, 0.3) is 5.91 Å². The first-order valence-corrected chi connectivity index (χ1v) is 8.63. The van der Waals surface area contributed by atoms with Gasteiger partial charge in [-0.25, -0.2) is 4.39 Å². The van der Waals surface area contributed by atoms with E-state index in [1.54, 1.807) is 12.1 Å². The summed E-state index contributed by atoms with van der Waals surface area (Å²) in [5.41, 5.74) is 1.89. The fourth-order valence-corrected chi connectivity index (χ4v) is 2.97. The number of hydrogen-bond acceptors (Lipinski definition) is 4. The average Bonchev–Trinajstić information content (AvgIpc) is 2.67. The molecule has 1 unspecified atom stereocenters. The summed E-state index contributed by atoms with van der Waals surface area (Å²) in [6, 6.07) is 14.8. The molecule has 1 fully saturated rings. The lowest BCUT2D eigenvalue weighted by molar-refractivity contribution is -0.139. The topological polar surface area (TPSA) is 50.8 Å². The summed E-state index contributed by atoms with van der Waals surface area (Å²) >= 11 is 0. The van der Waals surface area contributed by atoms with E-state index >= 15 is 0 Å². The summed E-state index contributed by atoms with van der Waals surface area (Å²) in [4.78, 5) is 14.6. The number of nitrogens with one attached hydrogen (secondary N) is 1. The molecule has 2 aromatic rings. The van der Waals surface area contributed by atoms with Crippen LogP contribution in [0.3, 0.4) is 0 Å². The summed E-state index contributed by atoms with van der Waals surface area (Å²) in [6.07, 6.45) is -0.518. The molecule has 0 spiro atoms. The molecule has 26 heavy (non-hydrogen) atoms. The van der Waals surface area contributed by atoms with Crippen molar-refractivity contribution in [2.24, 2.45) is 0 Å². The fourth-order valence-electron chi connectivity index (χ4n) is 2.97. The van der Waals surface area contributed by atoms with Gasteiger partial charge in [0.05, 0.1) is 13.7 Å². The van der Waals surface area contributed by atoms with Crippen LogP contribution in [0.5, 0.6) is 5.75 Å². The average molecular weight is 358 g/mol. The van der Waals surface area contributed by atoms with Crippen LogP contribution in [0.2, 0.25) is 0 Å². The molecule has 1 aliphatic rings.